The summed E-state index contributed by atoms with van der Waals surface area (Å²) in [5.74, 6) is -0.586. The molecular weight excluding hydrogens is 228 g/mol. The molecule has 0 unspecified atom stereocenters. The Hall–Kier alpha value is -2.28. The molecule has 4 nitrogen and oxygen atoms in total. The average molecular weight is 244 g/mol. The van der Waals surface area contributed by atoms with Crippen molar-refractivity contribution >= 4 is 17.7 Å². The molecule has 0 aliphatic rings. The Balaban J connectivity index is 2.93. The van der Waals surface area contributed by atoms with Crippen LogP contribution >= 0.6 is 0 Å². The van der Waals surface area contributed by atoms with E-state index < -0.39 is 5.97 Å². The molecule has 0 saturated heterocycles. The number of nitriles is 1. The molecule has 0 saturated carbocycles. The summed E-state index contributed by atoms with van der Waals surface area (Å²) in [4.78, 5) is 13.4. The zero-order valence-electron chi connectivity index (χ0n) is 10.8. The Labute approximate surface area is 107 Å². The number of carbonyl (C=O) groups excluding carboxylic acids is 1. The lowest BCUT2D eigenvalue weighted by Crippen LogP contribution is -2.08. The van der Waals surface area contributed by atoms with Gasteiger partial charge in [0.05, 0.1) is 6.61 Å². The van der Waals surface area contributed by atoms with E-state index in [0.717, 1.165) is 11.3 Å². The van der Waals surface area contributed by atoms with Gasteiger partial charge in [-0.05, 0) is 30.7 Å². The monoisotopic (exact) mass is 244 g/mol. The maximum atomic E-state index is 11.4. The minimum atomic E-state index is -0.586. The van der Waals surface area contributed by atoms with Crippen LogP contribution in [-0.2, 0) is 9.53 Å². The lowest BCUT2D eigenvalue weighted by atomic mass is 10.1. The Morgan fingerprint density at radius 3 is 2.44 bits per heavy atom. The Morgan fingerprint density at radius 2 is 2.00 bits per heavy atom. The largest absolute Gasteiger partial charge is 0.462 e. The number of nitrogens with zero attached hydrogens (tertiary/aromatic N) is 2. The van der Waals surface area contributed by atoms with Gasteiger partial charge in [-0.15, -0.1) is 0 Å². The second kappa shape index (κ2) is 6.45. The van der Waals surface area contributed by atoms with Crippen LogP contribution in [0.3, 0.4) is 0 Å². The molecule has 1 rings (SSSR count). The summed E-state index contributed by atoms with van der Waals surface area (Å²) >= 11 is 0. The molecule has 94 valence electrons. The summed E-state index contributed by atoms with van der Waals surface area (Å²) in [5, 5.41) is 8.90. The summed E-state index contributed by atoms with van der Waals surface area (Å²) in [6.45, 7) is 1.97. The number of ether oxygens (including phenoxy) is 1. The molecule has 0 atom stereocenters. The Kier molecular flexibility index (Phi) is 4.94. The molecule has 0 bridgehead atoms. The molecule has 0 aliphatic heterocycles. The molecule has 0 N–H and O–H groups in total. The van der Waals surface area contributed by atoms with Crippen molar-refractivity contribution in [3.05, 3.63) is 35.4 Å². The number of rotatable bonds is 4. The van der Waals surface area contributed by atoms with Gasteiger partial charge in [0.2, 0.25) is 0 Å². The standard InChI is InChI=1S/C14H16N2O2/c1-4-18-14(17)12(10-15)9-11-5-7-13(8-6-11)16(2)3/h5-9H,4H2,1-3H3. The molecule has 0 spiro atoms. The lowest BCUT2D eigenvalue weighted by Gasteiger charge is -2.11. The zero-order valence-corrected chi connectivity index (χ0v) is 10.8. The third-order valence-corrected chi connectivity index (χ3v) is 2.34. The van der Waals surface area contributed by atoms with Crippen molar-refractivity contribution in [3.8, 4) is 6.07 Å². The van der Waals surface area contributed by atoms with Crippen LogP contribution in [0.15, 0.2) is 29.8 Å². The smallest absolute Gasteiger partial charge is 0.348 e. The van der Waals surface area contributed by atoms with Gasteiger partial charge in [-0.3, -0.25) is 0 Å². The van der Waals surface area contributed by atoms with E-state index in [2.05, 4.69) is 0 Å². The van der Waals surface area contributed by atoms with Crippen LogP contribution in [0.2, 0.25) is 0 Å². The number of hydrogen-bond acceptors (Lipinski definition) is 4. The van der Waals surface area contributed by atoms with E-state index in [4.69, 9.17) is 10.00 Å². The van der Waals surface area contributed by atoms with Crippen LogP contribution in [0.1, 0.15) is 12.5 Å². The van der Waals surface area contributed by atoms with Crippen LogP contribution in [0.5, 0.6) is 0 Å². The fourth-order valence-corrected chi connectivity index (χ4v) is 1.38. The SMILES string of the molecule is CCOC(=O)C(C#N)=Cc1ccc(N(C)C)cc1. The van der Waals surface area contributed by atoms with E-state index in [1.807, 2.05) is 49.3 Å². The van der Waals surface area contributed by atoms with Gasteiger partial charge in [0.1, 0.15) is 11.6 Å². The van der Waals surface area contributed by atoms with Gasteiger partial charge in [-0.25, -0.2) is 4.79 Å². The molecule has 0 radical (unpaired) electrons. The van der Waals surface area contributed by atoms with E-state index in [1.54, 1.807) is 6.92 Å². The molecule has 1 aromatic rings. The van der Waals surface area contributed by atoms with Gasteiger partial charge < -0.3 is 9.64 Å². The molecule has 4 heteroatoms. The molecule has 18 heavy (non-hydrogen) atoms. The third-order valence-electron chi connectivity index (χ3n) is 2.34. The van der Waals surface area contributed by atoms with Crippen molar-refractivity contribution in [2.45, 2.75) is 6.92 Å². The highest BCUT2D eigenvalue weighted by Gasteiger charge is 2.09. The predicted molar refractivity (Wildman–Crippen MR) is 71.0 cm³/mol. The number of anilines is 1. The second-order valence-electron chi connectivity index (χ2n) is 3.88. The molecular formula is C14H16N2O2. The molecule has 0 heterocycles. The number of esters is 1. The van der Waals surface area contributed by atoms with Gasteiger partial charge in [0, 0.05) is 19.8 Å². The van der Waals surface area contributed by atoms with Crippen LogP contribution in [0, 0.1) is 11.3 Å². The molecule has 0 aliphatic carbocycles. The highest BCUT2D eigenvalue weighted by Crippen LogP contribution is 2.14. The molecule has 1 aromatic carbocycles. The first kappa shape index (κ1) is 13.8. The van der Waals surface area contributed by atoms with Crippen LogP contribution < -0.4 is 4.90 Å². The summed E-state index contributed by atoms with van der Waals surface area (Å²) < 4.78 is 4.79. The van der Waals surface area contributed by atoms with Crippen molar-refractivity contribution < 1.29 is 9.53 Å². The fourth-order valence-electron chi connectivity index (χ4n) is 1.38. The minimum Gasteiger partial charge on any atom is -0.462 e. The summed E-state index contributed by atoms with van der Waals surface area (Å²) in [7, 11) is 3.90. The Bertz CT molecular complexity index is 482. The first-order chi connectivity index (χ1) is 8.58. The minimum absolute atomic E-state index is 0.00875. The van der Waals surface area contributed by atoms with E-state index in [0.29, 0.717) is 0 Å². The topological polar surface area (TPSA) is 53.3 Å². The van der Waals surface area contributed by atoms with Gasteiger partial charge in [0.25, 0.3) is 0 Å². The van der Waals surface area contributed by atoms with Gasteiger partial charge in [-0.2, -0.15) is 5.26 Å². The highest BCUT2D eigenvalue weighted by atomic mass is 16.5. The summed E-state index contributed by atoms with van der Waals surface area (Å²) in [6, 6.07) is 9.40. The fraction of sp³-hybridized carbons (Fsp3) is 0.286. The van der Waals surface area contributed by atoms with Gasteiger partial charge in [0.15, 0.2) is 0 Å². The number of hydrogen-bond donors (Lipinski definition) is 0. The van der Waals surface area contributed by atoms with Crippen LogP contribution in [0.25, 0.3) is 6.08 Å². The first-order valence-corrected chi connectivity index (χ1v) is 5.64. The molecule has 0 fully saturated rings. The van der Waals surface area contributed by atoms with Gasteiger partial charge in [-0.1, -0.05) is 12.1 Å². The predicted octanol–water partition coefficient (Wildman–Crippen LogP) is 2.22. The van der Waals surface area contributed by atoms with E-state index in [-0.39, 0.29) is 12.2 Å². The van der Waals surface area contributed by atoms with Crippen LogP contribution in [-0.4, -0.2) is 26.7 Å². The third kappa shape index (κ3) is 3.63. The quantitative estimate of drug-likeness (QED) is 0.463. The van der Waals surface area contributed by atoms with Crippen molar-refractivity contribution in [2.75, 3.05) is 25.6 Å². The lowest BCUT2D eigenvalue weighted by molar-refractivity contribution is -0.137. The Morgan fingerprint density at radius 1 is 1.39 bits per heavy atom. The summed E-state index contributed by atoms with van der Waals surface area (Å²) in [5.41, 5.74) is 1.86. The van der Waals surface area contributed by atoms with E-state index in [1.165, 1.54) is 6.08 Å². The van der Waals surface area contributed by atoms with Crippen molar-refractivity contribution in [1.29, 1.82) is 5.26 Å². The van der Waals surface area contributed by atoms with Crippen molar-refractivity contribution in [2.24, 2.45) is 0 Å². The van der Waals surface area contributed by atoms with E-state index in [9.17, 15) is 4.79 Å². The van der Waals surface area contributed by atoms with Crippen LogP contribution in [0.4, 0.5) is 5.69 Å². The number of carbonyl (C=O) groups is 1. The molecule has 0 amide bonds. The molecule has 0 aromatic heterocycles. The van der Waals surface area contributed by atoms with Crippen molar-refractivity contribution in [1.82, 2.24) is 0 Å². The van der Waals surface area contributed by atoms with Gasteiger partial charge >= 0.3 is 5.97 Å². The van der Waals surface area contributed by atoms with Crippen molar-refractivity contribution in [3.63, 3.8) is 0 Å². The normalized spacial score (nSPS) is 10.7. The average Bonchev–Trinajstić information content (AvgIpc) is 2.36. The van der Waals surface area contributed by atoms with E-state index >= 15 is 0 Å². The maximum absolute atomic E-state index is 11.4. The second-order valence-corrected chi connectivity index (χ2v) is 3.88. The first-order valence-electron chi connectivity index (χ1n) is 5.64. The number of benzene rings is 1. The maximum Gasteiger partial charge on any atom is 0.348 e. The highest BCUT2D eigenvalue weighted by molar-refractivity contribution is 5.97. The zero-order chi connectivity index (χ0) is 13.5. The summed E-state index contributed by atoms with van der Waals surface area (Å²) in [6.07, 6.45) is 1.53.